The maximum atomic E-state index is 9.00. The summed E-state index contributed by atoms with van der Waals surface area (Å²) in [6, 6.07) is 12.8. The van der Waals surface area contributed by atoms with Crippen molar-refractivity contribution in [1.82, 2.24) is 0 Å². The summed E-state index contributed by atoms with van der Waals surface area (Å²) >= 11 is 0. The highest BCUT2D eigenvalue weighted by Gasteiger charge is 2.47. The van der Waals surface area contributed by atoms with Gasteiger partial charge in [-0.15, -0.1) is 0 Å². The van der Waals surface area contributed by atoms with Crippen molar-refractivity contribution in [3.63, 3.8) is 0 Å². The minimum atomic E-state index is 0.105. The second kappa shape index (κ2) is 8.70. The molecule has 2 aromatic rings. The summed E-state index contributed by atoms with van der Waals surface area (Å²) in [6.07, 6.45) is 2.28. The molecule has 0 spiro atoms. The molecule has 33 heavy (non-hydrogen) atoms. The highest BCUT2D eigenvalue weighted by atomic mass is 16.5. The zero-order chi connectivity index (χ0) is 24.8. The molecule has 0 saturated carbocycles. The van der Waals surface area contributed by atoms with Gasteiger partial charge in [-0.25, -0.2) is 0 Å². The topological polar surface area (TPSA) is 67.8 Å². The van der Waals surface area contributed by atoms with Crippen molar-refractivity contribution in [2.75, 3.05) is 7.11 Å². The van der Waals surface area contributed by atoms with Gasteiger partial charge in [-0.05, 0) is 57.8 Å². The molecule has 2 unspecified atom stereocenters. The molecule has 3 rings (SSSR count). The molecular weight excluding hydrogens is 408 g/mol. The molecule has 0 aromatic heterocycles. The first kappa shape index (κ1) is 25.1. The molecule has 3 N–H and O–H groups in total. The Balaban J connectivity index is 2.17. The van der Waals surface area contributed by atoms with Gasteiger partial charge in [0.05, 0.1) is 7.11 Å². The van der Waals surface area contributed by atoms with Crippen LogP contribution in [0.4, 0.5) is 0 Å². The summed E-state index contributed by atoms with van der Waals surface area (Å²) < 4.78 is 6.02. The first-order valence-corrected chi connectivity index (χ1v) is 12.0. The first-order chi connectivity index (χ1) is 15.2. The lowest BCUT2D eigenvalue weighted by Gasteiger charge is -2.34. The van der Waals surface area contributed by atoms with Crippen LogP contribution in [0.1, 0.15) is 102 Å². The monoisotopic (exact) mass is 450 g/mol. The number of hydrogen-bond acceptors (Lipinski definition) is 3. The van der Waals surface area contributed by atoms with Crippen LogP contribution < -0.4 is 10.5 Å². The Kier molecular flexibility index (Phi) is 6.63. The summed E-state index contributed by atoms with van der Waals surface area (Å²) in [5.74, 6) is 1.64. The van der Waals surface area contributed by atoms with Crippen LogP contribution in [0, 0.1) is 11.3 Å². The van der Waals surface area contributed by atoms with Crippen LogP contribution in [-0.2, 0) is 10.8 Å². The van der Waals surface area contributed by atoms with E-state index in [1.807, 2.05) is 12.1 Å². The molecule has 0 radical (unpaired) electrons. The van der Waals surface area contributed by atoms with Crippen molar-refractivity contribution in [1.29, 1.82) is 0 Å². The molecule has 0 heterocycles. The van der Waals surface area contributed by atoms with E-state index < -0.39 is 0 Å². The van der Waals surface area contributed by atoms with Gasteiger partial charge in [0.25, 0.3) is 0 Å². The van der Waals surface area contributed by atoms with Crippen molar-refractivity contribution >= 4 is 5.84 Å². The maximum Gasteiger partial charge on any atom is 0.170 e. The number of hydrogen-bond donors (Lipinski definition) is 2. The number of methoxy groups -OCH3 is 1. The molecule has 0 saturated heterocycles. The zero-order valence-corrected chi connectivity index (χ0v) is 21.9. The molecule has 0 bridgehead atoms. The van der Waals surface area contributed by atoms with Gasteiger partial charge in [0.1, 0.15) is 5.75 Å². The lowest BCUT2D eigenvalue weighted by atomic mass is 9.70. The van der Waals surface area contributed by atoms with Gasteiger partial charge in [0.15, 0.2) is 5.84 Å². The smallest absolute Gasteiger partial charge is 0.170 e. The molecule has 1 aliphatic rings. The Bertz CT molecular complexity index is 1030. The molecule has 1 aliphatic carbocycles. The number of nitrogens with two attached hydrogens (primary N) is 1. The van der Waals surface area contributed by atoms with Crippen molar-refractivity contribution in [2.24, 2.45) is 22.2 Å². The van der Waals surface area contributed by atoms with Crippen LogP contribution in [0.25, 0.3) is 0 Å². The van der Waals surface area contributed by atoms with E-state index in [0.29, 0.717) is 11.5 Å². The van der Waals surface area contributed by atoms with Crippen molar-refractivity contribution < 1.29 is 9.94 Å². The van der Waals surface area contributed by atoms with E-state index in [-0.39, 0.29) is 28.0 Å². The van der Waals surface area contributed by atoms with Gasteiger partial charge in [-0.3, -0.25) is 0 Å². The van der Waals surface area contributed by atoms with E-state index in [0.717, 1.165) is 18.6 Å². The second-order valence-electron chi connectivity index (χ2n) is 12.3. The fourth-order valence-electron chi connectivity index (χ4n) is 6.41. The van der Waals surface area contributed by atoms with Gasteiger partial charge >= 0.3 is 0 Å². The van der Waals surface area contributed by atoms with Crippen molar-refractivity contribution in [2.45, 2.75) is 85.0 Å². The largest absolute Gasteiger partial charge is 0.496 e. The fraction of sp³-hybridized carbons (Fsp3) is 0.552. The van der Waals surface area contributed by atoms with Crippen molar-refractivity contribution in [3.8, 4) is 5.75 Å². The van der Waals surface area contributed by atoms with E-state index in [9.17, 15) is 0 Å². The number of ether oxygens (including phenoxy) is 1. The van der Waals surface area contributed by atoms with Gasteiger partial charge in [0.2, 0.25) is 0 Å². The number of amidine groups is 1. The normalized spacial score (nSPS) is 21.2. The Morgan fingerprint density at radius 2 is 1.70 bits per heavy atom. The van der Waals surface area contributed by atoms with Gasteiger partial charge in [-0.1, -0.05) is 90.9 Å². The third-order valence-corrected chi connectivity index (χ3v) is 7.18. The number of rotatable bonds is 6. The molecule has 0 fully saturated rings. The molecule has 0 amide bonds. The van der Waals surface area contributed by atoms with Crippen LogP contribution in [0.2, 0.25) is 0 Å². The van der Waals surface area contributed by atoms with Crippen LogP contribution in [0.15, 0.2) is 41.6 Å². The Morgan fingerprint density at radius 1 is 1.09 bits per heavy atom. The number of fused-ring (bicyclic) bond motifs is 1. The quantitative estimate of drug-likeness (QED) is 0.216. The van der Waals surface area contributed by atoms with Gasteiger partial charge < -0.3 is 15.7 Å². The van der Waals surface area contributed by atoms with E-state index in [2.05, 4.69) is 84.8 Å². The van der Waals surface area contributed by atoms with Gasteiger partial charge in [-0.2, -0.15) is 0 Å². The number of nitrogens with zero attached hydrogens (tertiary/aromatic N) is 1. The maximum absolute atomic E-state index is 9.00. The molecule has 180 valence electrons. The van der Waals surface area contributed by atoms with Crippen LogP contribution in [-0.4, -0.2) is 18.2 Å². The highest BCUT2D eigenvalue weighted by molar-refractivity contribution is 5.97. The average Bonchev–Trinajstić information content (AvgIpc) is 2.90. The molecule has 0 aliphatic heterocycles. The van der Waals surface area contributed by atoms with E-state index in [1.165, 1.54) is 22.3 Å². The van der Waals surface area contributed by atoms with E-state index in [1.54, 1.807) is 7.11 Å². The van der Waals surface area contributed by atoms with E-state index in [4.69, 9.17) is 15.7 Å². The second-order valence-corrected chi connectivity index (χ2v) is 12.3. The number of oxime groups is 1. The van der Waals surface area contributed by atoms with Gasteiger partial charge in [0, 0.05) is 17.0 Å². The standard InChI is InChI=1S/C29H42N2O2/c1-18(2)25(19-10-12-20(13-11-19)26(30)31-32)21-14-22-23(15-24(21)33-9)29(8,16-27(3,4)5)17-28(22,6)7/h10-15,18,25,32H,16-17H2,1-9H3,(H2,30,31). The third kappa shape index (κ3) is 4.90. The third-order valence-electron chi connectivity index (χ3n) is 7.18. The van der Waals surface area contributed by atoms with E-state index >= 15 is 0 Å². The SMILES string of the molecule is COc1cc2c(cc1C(c1ccc(/C(N)=N/O)cc1)C(C)C)C(C)(C)CC2(C)CC(C)(C)C. The zero-order valence-electron chi connectivity index (χ0n) is 21.9. The molecule has 2 atom stereocenters. The Morgan fingerprint density at radius 3 is 2.18 bits per heavy atom. The predicted molar refractivity (Wildman–Crippen MR) is 138 cm³/mol. The minimum absolute atomic E-state index is 0.105. The highest BCUT2D eigenvalue weighted by Crippen LogP contribution is 2.56. The number of benzene rings is 2. The average molecular weight is 451 g/mol. The summed E-state index contributed by atoms with van der Waals surface area (Å²) in [7, 11) is 1.78. The first-order valence-electron chi connectivity index (χ1n) is 12.0. The minimum Gasteiger partial charge on any atom is -0.496 e. The summed E-state index contributed by atoms with van der Waals surface area (Å²) in [6.45, 7) is 18.7. The fourth-order valence-corrected chi connectivity index (χ4v) is 6.41. The molecule has 4 nitrogen and oxygen atoms in total. The summed E-state index contributed by atoms with van der Waals surface area (Å²) in [5.41, 5.74) is 12.3. The van der Waals surface area contributed by atoms with Crippen LogP contribution in [0.3, 0.4) is 0 Å². The molecule has 4 heteroatoms. The van der Waals surface area contributed by atoms with Crippen LogP contribution >= 0.6 is 0 Å². The Labute approximate surface area is 200 Å². The lowest BCUT2D eigenvalue weighted by Crippen LogP contribution is -2.27. The van der Waals surface area contributed by atoms with Crippen LogP contribution in [0.5, 0.6) is 5.75 Å². The molecule has 2 aromatic carbocycles. The van der Waals surface area contributed by atoms with Crippen molar-refractivity contribution in [3.05, 3.63) is 64.2 Å². The molecular formula is C29H42N2O2. The lowest BCUT2D eigenvalue weighted by molar-refractivity contribution is 0.244. The Hall–Kier alpha value is -2.49. The predicted octanol–water partition coefficient (Wildman–Crippen LogP) is 6.95. The summed E-state index contributed by atoms with van der Waals surface area (Å²) in [4.78, 5) is 0. The summed E-state index contributed by atoms with van der Waals surface area (Å²) in [5, 5.41) is 12.1.